The van der Waals surface area contributed by atoms with Gasteiger partial charge in [-0.2, -0.15) is 0 Å². The van der Waals surface area contributed by atoms with E-state index in [9.17, 15) is 9.59 Å². The third-order valence-corrected chi connectivity index (χ3v) is 3.07. The summed E-state index contributed by atoms with van der Waals surface area (Å²) >= 11 is 0. The summed E-state index contributed by atoms with van der Waals surface area (Å²) in [5.74, 6) is -0.332. The summed E-state index contributed by atoms with van der Waals surface area (Å²) in [6.07, 6.45) is 5.09. The largest absolute Gasteiger partial charge is 0.497 e. The zero-order valence-corrected chi connectivity index (χ0v) is 12.3. The number of hydrogen-bond acceptors (Lipinski definition) is 5. The summed E-state index contributed by atoms with van der Waals surface area (Å²) in [5, 5.41) is 2.61. The summed E-state index contributed by atoms with van der Waals surface area (Å²) in [6.45, 7) is 0.400. The van der Waals surface area contributed by atoms with Crippen molar-refractivity contribution in [3.63, 3.8) is 0 Å². The third-order valence-electron chi connectivity index (χ3n) is 3.07. The molecule has 6 heteroatoms. The SMILES string of the molecule is COc1ccc(CCNC(=O)C(=O)Cc2cnccn2)cc1. The molecule has 0 radical (unpaired) electrons. The normalized spacial score (nSPS) is 10.0. The maximum Gasteiger partial charge on any atom is 0.287 e. The highest BCUT2D eigenvalue weighted by Crippen LogP contribution is 2.11. The minimum Gasteiger partial charge on any atom is -0.497 e. The fourth-order valence-electron chi connectivity index (χ4n) is 1.88. The van der Waals surface area contributed by atoms with Crippen molar-refractivity contribution >= 4 is 11.7 Å². The standard InChI is InChI=1S/C16H17N3O3/c1-22-14-4-2-12(3-5-14)6-7-19-16(21)15(20)10-13-11-17-8-9-18-13/h2-5,8-9,11H,6-7,10H2,1H3,(H,19,21). The average Bonchev–Trinajstić information content (AvgIpc) is 2.56. The molecule has 0 fully saturated rings. The number of nitrogens with one attached hydrogen (secondary N) is 1. The number of Topliss-reactive ketones (excluding diaryl/α,β-unsaturated/α-hetero) is 1. The van der Waals surface area contributed by atoms with E-state index >= 15 is 0 Å². The number of amides is 1. The van der Waals surface area contributed by atoms with Gasteiger partial charge in [0.1, 0.15) is 5.75 Å². The Kier molecular flexibility index (Phi) is 5.59. The molecule has 2 rings (SSSR count). The lowest BCUT2D eigenvalue weighted by Gasteiger charge is -2.05. The Morgan fingerprint density at radius 1 is 1.18 bits per heavy atom. The van der Waals surface area contributed by atoms with Gasteiger partial charge in [-0.3, -0.25) is 19.6 Å². The Morgan fingerprint density at radius 2 is 1.95 bits per heavy atom. The zero-order valence-electron chi connectivity index (χ0n) is 12.3. The second-order valence-electron chi connectivity index (χ2n) is 4.65. The number of rotatable bonds is 7. The van der Waals surface area contributed by atoms with Crippen LogP contribution in [-0.2, 0) is 22.4 Å². The van der Waals surface area contributed by atoms with Crippen molar-refractivity contribution in [3.8, 4) is 5.75 Å². The van der Waals surface area contributed by atoms with Gasteiger partial charge in [0, 0.05) is 25.1 Å². The van der Waals surface area contributed by atoms with Crippen molar-refractivity contribution in [2.45, 2.75) is 12.8 Å². The molecule has 0 aliphatic heterocycles. The monoisotopic (exact) mass is 299 g/mol. The van der Waals surface area contributed by atoms with Crippen molar-refractivity contribution < 1.29 is 14.3 Å². The quantitative estimate of drug-likeness (QED) is 0.770. The van der Waals surface area contributed by atoms with Gasteiger partial charge < -0.3 is 10.1 Å². The number of nitrogens with zero attached hydrogens (tertiary/aromatic N) is 2. The Hall–Kier alpha value is -2.76. The second-order valence-corrected chi connectivity index (χ2v) is 4.65. The van der Waals surface area contributed by atoms with E-state index in [-0.39, 0.29) is 6.42 Å². The topological polar surface area (TPSA) is 81.2 Å². The lowest BCUT2D eigenvalue weighted by atomic mass is 10.1. The molecule has 0 bridgehead atoms. The number of hydrogen-bond donors (Lipinski definition) is 1. The predicted octanol–water partition coefficient (Wildman–Crippen LogP) is 0.956. The summed E-state index contributed by atoms with van der Waals surface area (Å²) in [7, 11) is 1.61. The lowest BCUT2D eigenvalue weighted by molar-refractivity contribution is -0.137. The molecule has 1 heterocycles. The molecule has 6 nitrogen and oxygen atoms in total. The minimum atomic E-state index is -0.598. The zero-order chi connectivity index (χ0) is 15.8. The van der Waals surface area contributed by atoms with Gasteiger partial charge in [0.05, 0.1) is 19.2 Å². The number of benzene rings is 1. The van der Waals surface area contributed by atoms with Crippen LogP contribution in [0.15, 0.2) is 42.9 Å². The maximum atomic E-state index is 11.7. The predicted molar refractivity (Wildman–Crippen MR) is 80.5 cm³/mol. The second kappa shape index (κ2) is 7.87. The van der Waals surface area contributed by atoms with Crippen molar-refractivity contribution in [1.82, 2.24) is 15.3 Å². The first-order valence-corrected chi connectivity index (χ1v) is 6.88. The van der Waals surface area contributed by atoms with E-state index in [1.165, 1.54) is 18.6 Å². The van der Waals surface area contributed by atoms with Crippen molar-refractivity contribution in [2.75, 3.05) is 13.7 Å². The minimum absolute atomic E-state index is 0.0395. The van der Waals surface area contributed by atoms with Crippen LogP contribution in [0.25, 0.3) is 0 Å². The highest BCUT2D eigenvalue weighted by molar-refractivity contribution is 6.36. The van der Waals surface area contributed by atoms with Crippen LogP contribution in [0.2, 0.25) is 0 Å². The molecule has 1 aromatic carbocycles. The molecular weight excluding hydrogens is 282 g/mol. The third kappa shape index (κ3) is 4.66. The molecule has 1 aromatic heterocycles. The molecular formula is C16H17N3O3. The van der Waals surface area contributed by atoms with E-state index in [0.29, 0.717) is 18.7 Å². The first-order chi connectivity index (χ1) is 10.7. The smallest absolute Gasteiger partial charge is 0.287 e. The van der Waals surface area contributed by atoms with Gasteiger partial charge in [-0.25, -0.2) is 0 Å². The summed E-state index contributed by atoms with van der Waals surface area (Å²) < 4.78 is 5.07. The van der Waals surface area contributed by atoms with Crippen LogP contribution in [0.4, 0.5) is 0 Å². The molecule has 0 spiro atoms. The fraction of sp³-hybridized carbons (Fsp3) is 0.250. The number of carbonyl (C=O) groups is 2. The molecule has 1 amide bonds. The summed E-state index contributed by atoms with van der Waals surface area (Å²) in [5.41, 5.74) is 1.54. The Bertz CT molecular complexity index is 627. The van der Waals surface area contributed by atoms with Crippen molar-refractivity contribution in [2.24, 2.45) is 0 Å². The summed E-state index contributed by atoms with van der Waals surface area (Å²) in [4.78, 5) is 31.3. The van der Waals surface area contributed by atoms with E-state index < -0.39 is 11.7 Å². The number of ether oxygens (including phenoxy) is 1. The maximum absolute atomic E-state index is 11.7. The highest BCUT2D eigenvalue weighted by atomic mass is 16.5. The van der Waals surface area contributed by atoms with Gasteiger partial charge in [-0.1, -0.05) is 12.1 Å². The lowest BCUT2D eigenvalue weighted by Crippen LogP contribution is -2.33. The summed E-state index contributed by atoms with van der Waals surface area (Å²) in [6, 6.07) is 7.56. The number of carbonyl (C=O) groups excluding carboxylic acids is 2. The first-order valence-electron chi connectivity index (χ1n) is 6.88. The van der Waals surface area contributed by atoms with Crippen molar-refractivity contribution in [1.29, 1.82) is 0 Å². The molecule has 0 unspecified atom stereocenters. The fourth-order valence-corrected chi connectivity index (χ4v) is 1.88. The molecule has 0 atom stereocenters. The van der Waals surface area contributed by atoms with Crippen LogP contribution in [-0.4, -0.2) is 35.3 Å². The van der Waals surface area contributed by atoms with E-state index in [1.807, 2.05) is 24.3 Å². The highest BCUT2D eigenvalue weighted by Gasteiger charge is 2.14. The molecule has 0 aliphatic carbocycles. The van der Waals surface area contributed by atoms with Crippen LogP contribution >= 0.6 is 0 Å². The number of aromatic nitrogens is 2. The molecule has 0 aliphatic rings. The van der Waals surface area contributed by atoms with Gasteiger partial charge in [-0.15, -0.1) is 0 Å². The molecule has 0 saturated heterocycles. The van der Waals surface area contributed by atoms with Gasteiger partial charge in [0.2, 0.25) is 5.78 Å². The molecule has 0 saturated carbocycles. The van der Waals surface area contributed by atoms with E-state index in [1.54, 1.807) is 7.11 Å². The van der Waals surface area contributed by atoms with Crippen LogP contribution in [0.1, 0.15) is 11.3 Å². The van der Waals surface area contributed by atoms with Gasteiger partial charge in [0.25, 0.3) is 5.91 Å². The van der Waals surface area contributed by atoms with E-state index in [4.69, 9.17) is 4.74 Å². The first kappa shape index (κ1) is 15.6. The molecule has 114 valence electrons. The molecule has 22 heavy (non-hydrogen) atoms. The number of ketones is 1. The Morgan fingerprint density at radius 3 is 2.59 bits per heavy atom. The van der Waals surface area contributed by atoms with Crippen LogP contribution in [0, 0.1) is 0 Å². The van der Waals surface area contributed by atoms with Gasteiger partial charge in [0.15, 0.2) is 0 Å². The molecule has 2 aromatic rings. The van der Waals surface area contributed by atoms with E-state index in [2.05, 4.69) is 15.3 Å². The van der Waals surface area contributed by atoms with Crippen LogP contribution < -0.4 is 10.1 Å². The van der Waals surface area contributed by atoms with E-state index in [0.717, 1.165) is 11.3 Å². The average molecular weight is 299 g/mol. The van der Waals surface area contributed by atoms with Crippen LogP contribution in [0.5, 0.6) is 5.75 Å². The van der Waals surface area contributed by atoms with Crippen molar-refractivity contribution in [3.05, 3.63) is 54.1 Å². The Labute approximate surface area is 128 Å². The van der Waals surface area contributed by atoms with Crippen LogP contribution in [0.3, 0.4) is 0 Å². The van der Waals surface area contributed by atoms with Gasteiger partial charge in [-0.05, 0) is 24.1 Å². The Balaban J connectivity index is 1.76. The van der Waals surface area contributed by atoms with Gasteiger partial charge >= 0.3 is 0 Å². The molecule has 1 N–H and O–H groups in total. The number of methoxy groups -OCH3 is 1.